The molecule has 608 valence electrons. The summed E-state index contributed by atoms with van der Waals surface area (Å²) in [5.41, 5.74) is 35.7. The van der Waals surface area contributed by atoms with Crippen LogP contribution in [0.15, 0.2) is 461 Å². The Morgan fingerprint density at radius 3 is 0.692 bits per heavy atom. The Hall–Kier alpha value is -16.1. The molecule has 0 aromatic heterocycles. The van der Waals surface area contributed by atoms with E-state index in [-0.39, 0.29) is 10.8 Å². The molecule has 0 spiro atoms. The highest BCUT2D eigenvalue weighted by Crippen LogP contribution is 2.57. The molecule has 0 nitrogen and oxygen atoms in total. The quantitative estimate of drug-likeness (QED) is 0.120. The predicted octanol–water partition coefficient (Wildman–Crippen LogP) is 36.2. The summed E-state index contributed by atoms with van der Waals surface area (Å²) in [6, 6.07) is 172. The van der Waals surface area contributed by atoms with Gasteiger partial charge in [-0.1, -0.05) is 464 Å². The van der Waals surface area contributed by atoms with Gasteiger partial charge in [0.05, 0.1) is 0 Å². The normalized spacial score (nSPS) is 12.9. The fourth-order valence-corrected chi connectivity index (χ4v) is 22.9. The summed E-state index contributed by atoms with van der Waals surface area (Å²) >= 11 is 0. The van der Waals surface area contributed by atoms with Gasteiger partial charge < -0.3 is 0 Å². The minimum absolute atomic E-state index is 0.107. The molecule has 0 N–H and O–H groups in total. The molecule has 24 aromatic carbocycles. The van der Waals surface area contributed by atoms with Crippen molar-refractivity contribution in [2.45, 2.75) is 38.5 Å². The Balaban J connectivity index is 0.000000142. The minimum Gasteiger partial charge on any atom is -0.0622 e. The van der Waals surface area contributed by atoms with Crippen LogP contribution >= 0.6 is 0 Å². The van der Waals surface area contributed by atoms with Gasteiger partial charge in [0.2, 0.25) is 0 Å². The van der Waals surface area contributed by atoms with Crippen LogP contribution in [0.4, 0.5) is 0 Å². The lowest BCUT2D eigenvalue weighted by Gasteiger charge is -2.24. The molecule has 0 heterocycles. The van der Waals surface area contributed by atoms with Crippen LogP contribution in [0.1, 0.15) is 49.9 Å². The molecule has 0 atom stereocenters. The van der Waals surface area contributed by atoms with E-state index in [4.69, 9.17) is 0 Å². The first-order valence-corrected chi connectivity index (χ1v) is 45.7. The first-order valence-electron chi connectivity index (χ1n) is 45.7. The van der Waals surface area contributed by atoms with E-state index in [9.17, 15) is 0 Å². The number of hydrogen-bond donors (Lipinski definition) is 0. The van der Waals surface area contributed by atoms with E-state index in [1.165, 1.54) is 264 Å². The Morgan fingerprint density at radius 1 is 0.115 bits per heavy atom. The lowest BCUT2D eigenvalue weighted by molar-refractivity contribution is 0.660. The smallest absolute Gasteiger partial charge is 0.0159 e. The lowest BCUT2D eigenvalue weighted by Crippen LogP contribution is -2.15. The summed E-state index contributed by atoms with van der Waals surface area (Å²) < 4.78 is 0. The van der Waals surface area contributed by atoms with E-state index in [0.717, 1.165) is 0 Å². The average Bonchev–Trinajstić information content (AvgIpc) is 1.16. The van der Waals surface area contributed by atoms with E-state index >= 15 is 0 Å². The molecule has 0 fully saturated rings. The second-order valence-corrected chi connectivity index (χ2v) is 36.6. The molecule has 0 bridgehead atoms. The summed E-state index contributed by atoms with van der Waals surface area (Å²) in [5, 5.41) is 25.3. The fraction of sp³-hybridized carbons (Fsp3) is 0.0462. The predicted molar refractivity (Wildman–Crippen MR) is 557 cm³/mol. The van der Waals surface area contributed by atoms with Gasteiger partial charge >= 0.3 is 0 Å². The van der Waals surface area contributed by atoms with Gasteiger partial charge in [-0.25, -0.2) is 0 Å². The largest absolute Gasteiger partial charge is 0.0622 e. The van der Waals surface area contributed by atoms with E-state index in [0.29, 0.717) is 0 Å². The summed E-state index contributed by atoms with van der Waals surface area (Å²) in [6.07, 6.45) is 0. The standard InChI is InChI=1S/C70H50.C60H38/c1-69(2)61-28-16-14-20-49(61)51-37-35-47(41-63(51)69)67-57-26-12-13-27-58(57)68(48-36-38-52-50-21-15-17-29-62(50)70(3,4)64(52)42-48)60-40-46(34-39-59(60)67)43-30-32-45(33-31-43)66-55-24-10-8-22-53(55)65(44-18-6-5-7-19-44)54-23-9-11-25-56(54)66;1-2-18-42(19-3-1)57-49-24-8-10-26-51(49)58(52-27-11-9-25-50(52)57)43-34-32-39(33-35-43)44-36-37-55-56(38-44)60(48-31-15-21-41-17-5-7-23-46(41)48)54-29-13-12-28-53(54)59(55)47-30-14-20-40-16-4-6-22-45(40)47/h5-42H,1-4H3;1-38H. The van der Waals surface area contributed by atoms with E-state index in [1.807, 2.05) is 0 Å². The molecule has 26 rings (SSSR count). The molecule has 130 heavy (non-hydrogen) atoms. The molecule has 0 unspecified atom stereocenters. The zero-order valence-electron chi connectivity index (χ0n) is 72.9. The second-order valence-electron chi connectivity index (χ2n) is 36.6. The highest BCUT2D eigenvalue weighted by atomic mass is 14.4. The van der Waals surface area contributed by atoms with Crippen molar-refractivity contribution in [1.82, 2.24) is 0 Å². The Morgan fingerprint density at radius 2 is 0.331 bits per heavy atom. The second kappa shape index (κ2) is 30.3. The minimum atomic E-state index is -0.117. The van der Waals surface area contributed by atoms with Gasteiger partial charge in [-0.2, -0.15) is 0 Å². The Labute approximate surface area is 757 Å². The lowest BCUT2D eigenvalue weighted by atomic mass is 9.79. The highest BCUT2D eigenvalue weighted by molar-refractivity contribution is 6.28. The third-order valence-electron chi connectivity index (χ3n) is 28.9. The van der Waals surface area contributed by atoms with Crippen LogP contribution < -0.4 is 0 Å². The van der Waals surface area contributed by atoms with Gasteiger partial charge in [0.1, 0.15) is 0 Å². The van der Waals surface area contributed by atoms with E-state index in [2.05, 4.69) is 489 Å². The molecular formula is C130H88. The SMILES string of the molecule is CC1(C)c2ccccc2-c2ccc(-c3c4ccccc4c(-c4ccc5c(c4)C(C)(C)c4ccccc4-5)c4cc(-c5ccc(-c6c7ccccc7c(-c7ccccc7)c7ccccc67)cc5)ccc34)cc21.c1ccc(-c2c3ccccc3c(-c3ccc(-c4ccc5c(-c6cccc7ccccc67)c6ccccc6c(-c6cccc7ccccc67)c5c4)cc3)c3ccccc23)cc1. The molecule has 0 saturated heterocycles. The summed E-state index contributed by atoms with van der Waals surface area (Å²) in [6.45, 7) is 9.55. The Bertz CT molecular complexity index is 8680. The number of hydrogen-bond acceptors (Lipinski definition) is 0. The van der Waals surface area contributed by atoms with Crippen LogP contribution in [0.3, 0.4) is 0 Å². The van der Waals surface area contributed by atoms with Crippen molar-refractivity contribution in [3.8, 4) is 134 Å². The van der Waals surface area contributed by atoms with Crippen molar-refractivity contribution in [2.24, 2.45) is 0 Å². The molecule has 24 aromatic rings. The van der Waals surface area contributed by atoms with Crippen LogP contribution in [0.5, 0.6) is 0 Å². The maximum Gasteiger partial charge on any atom is 0.0159 e. The van der Waals surface area contributed by atoms with Crippen molar-refractivity contribution >= 4 is 108 Å². The molecule has 0 radical (unpaired) electrons. The van der Waals surface area contributed by atoms with Gasteiger partial charge in [0, 0.05) is 10.8 Å². The zero-order valence-corrected chi connectivity index (χ0v) is 72.9. The fourth-order valence-electron chi connectivity index (χ4n) is 22.9. The first kappa shape index (κ1) is 76.3. The van der Waals surface area contributed by atoms with Crippen LogP contribution in [0, 0.1) is 0 Å². The maximum absolute atomic E-state index is 2.50. The topological polar surface area (TPSA) is 0 Å². The van der Waals surface area contributed by atoms with Gasteiger partial charge in [0.25, 0.3) is 0 Å². The van der Waals surface area contributed by atoms with E-state index < -0.39 is 0 Å². The molecule has 0 heteroatoms. The summed E-state index contributed by atoms with van der Waals surface area (Å²) in [4.78, 5) is 0. The van der Waals surface area contributed by atoms with Crippen LogP contribution in [0.25, 0.3) is 241 Å². The molecule has 0 amide bonds. The van der Waals surface area contributed by atoms with Crippen molar-refractivity contribution in [3.05, 3.63) is 483 Å². The molecule has 2 aliphatic carbocycles. The van der Waals surface area contributed by atoms with Crippen molar-refractivity contribution in [1.29, 1.82) is 0 Å². The van der Waals surface area contributed by atoms with Crippen molar-refractivity contribution < 1.29 is 0 Å². The van der Waals surface area contributed by atoms with Crippen molar-refractivity contribution in [3.63, 3.8) is 0 Å². The maximum atomic E-state index is 2.50. The zero-order chi connectivity index (χ0) is 86.5. The van der Waals surface area contributed by atoms with Gasteiger partial charge in [-0.15, -0.1) is 0 Å². The highest BCUT2D eigenvalue weighted by Gasteiger charge is 2.38. The van der Waals surface area contributed by atoms with E-state index in [1.54, 1.807) is 0 Å². The average molecular weight is 1650 g/mol. The monoisotopic (exact) mass is 1650 g/mol. The first-order chi connectivity index (χ1) is 64.1. The summed E-state index contributed by atoms with van der Waals surface area (Å²) in [5.74, 6) is 0. The van der Waals surface area contributed by atoms with Gasteiger partial charge in [-0.05, 0) is 288 Å². The van der Waals surface area contributed by atoms with Crippen molar-refractivity contribution in [2.75, 3.05) is 0 Å². The molecule has 0 saturated carbocycles. The number of benzene rings is 24. The molecule has 2 aliphatic rings. The third kappa shape index (κ3) is 12.0. The summed E-state index contributed by atoms with van der Waals surface area (Å²) in [7, 11) is 0. The Kier molecular flexibility index (Phi) is 17.8. The molecular weight excluding hydrogens is 1560 g/mol. The van der Waals surface area contributed by atoms with Gasteiger partial charge in [-0.3, -0.25) is 0 Å². The number of fused-ring (bicyclic) bond motifs is 16. The van der Waals surface area contributed by atoms with Crippen LogP contribution in [0.2, 0.25) is 0 Å². The van der Waals surface area contributed by atoms with Crippen LogP contribution in [-0.2, 0) is 10.8 Å². The number of rotatable bonds is 10. The van der Waals surface area contributed by atoms with Gasteiger partial charge in [0.15, 0.2) is 0 Å². The van der Waals surface area contributed by atoms with Crippen LogP contribution in [-0.4, -0.2) is 0 Å². The molecule has 0 aliphatic heterocycles. The third-order valence-corrected chi connectivity index (χ3v) is 28.9.